The lowest BCUT2D eigenvalue weighted by Gasteiger charge is -2.25. The van der Waals surface area contributed by atoms with Crippen LogP contribution in [0.15, 0.2) is 47.4 Å². The van der Waals surface area contributed by atoms with Crippen LogP contribution in [0.3, 0.4) is 0 Å². The molecule has 0 bridgehead atoms. The molecule has 3 aromatic rings. The maximum Gasteiger partial charge on any atom is 0.325 e. The lowest BCUT2D eigenvalue weighted by Crippen LogP contribution is -2.43. The van der Waals surface area contributed by atoms with Gasteiger partial charge in [0.1, 0.15) is 17.2 Å². The molecular formula is C23H26FN5O4S. The Morgan fingerprint density at radius 1 is 1.09 bits per heavy atom. The largest absolute Gasteiger partial charge is 0.327 e. The van der Waals surface area contributed by atoms with Crippen LogP contribution in [0.2, 0.25) is 0 Å². The Kier molecular flexibility index (Phi) is 5.94. The number of fused-ring (bicyclic) bond motifs is 1. The number of sulfonamides is 1. The average Bonchev–Trinajstić information content (AvgIpc) is 3.28. The third kappa shape index (κ3) is 3.64. The van der Waals surface area contributed by atoms with Crippen LogP contribution in [0.4, 0.5) is 9.18 Å². The summed E-state index contributed by atoms with van der Waals surface area (Å²) in [6.45, 7) is 4.09. The van der Waals surface area contributed by atoms with Crippen molar-refractivity contribution in [3.63, 3.8) is 0 Å². The summed E-state index contributed by atoms with van der Waals surface area (Å²) < 4.78 is 41.4. The van der Waals surface area contributed by atoms with Gasteiger partial charge in [-0.25, -0.2) is 26.9 Å². The molecule has 2 heterocycles. The molecule has 34 heavy (non-hydrogen) atoms. The summed E-state index contributed by atoms with van der Waals surface area (Å²) in [5.41, 5.74) is 0.357. The van der Waals surface area contributed by atoms with E-state index in [2.05, 4.69) is 10.3 Å². The van der Waals surface area contributed by atoms with Crippen molar-refractivity contribution in [2.24, 2.45) is 0 Å². The van der Waals surface area contributed by atoms with Gasteiger partial charge in [0, 0.05) is 20.6 Å². The lowest BCUT2D eigenvalue weighted by atomic mass is 9.87. The van der Waals surface area contributed by atoms with E-state index in [0.29, 0.717) is 29.0 Å². The molecule has 1 aromatic heterocycles. The number of carbonyl (C=O) groups is 2. The van der Waals surface area contributed by atoms with Gasteiger partial charge in [0.25, 0.3) is 5.91 Å². The van der Waals surface area contributed by atoms with Crippen LogP contribution in [-0.4, -0.2) is 53.2 Å². The molecule has 1 aliphatic rings. The summed E-state index contributed by atoms with van der Waals surface area (Å²) in [4.78, 5) is 32.1. The highest BCUT2D eigenvalue weighted by molar-refractivity contribution is 7.89. The van der Waals surface area contributed by atoms with Gasteiger partial charge in [-0.1, -0.05) is 19.1 Å². The maximum absolute atomic E-state index is 13.5. The zero-order chi connectivity index (χ0) is 24.8. The first-order valence-electron chi connectivity index (χ1n) is 10.9. The number of amides is 3. The SMILES string of the molecule is CCn1c(CN2C(=O)NC(CC)(c3ccc(F)cc3)C2=O)nc2cc(S(=O)(=O)N(C)C)ccc21. The van der Waals surface area contributed by atoms with Gasteiger partial charge in [-0.3, -0.25) is 9.69 Å². The predicted molar refractivity (Wildman–Crippen MR) is 124 cm³/mol. The fraction of sp³-hybridized carbons (Fsp3) is 0.348. The van der Waals surface area contributed by atoms with E-state index in [4.69, 9.17) is 0 Å². The second-order valence-electron chi connectivity index (χ2n) is 8.30. The van der Waals surface area contributed by atoms with Gasteiger partial charge in [0.2, 0.25) is 10.0 Å². The van der Waals surface area contributed by atoms with Gasteiger partial charge < -0.3 is 9.88 Å². The Labute approximate surface area is 197 Å². The Morgan fingerprint density at radius 2 is 1.76 bits per heavy atom. The number of rotatable bonds is 7. The zero-order valence-corrected chi connectivity index (χ0v) is 20.2. The summed E-state index contributed by atoms with van der Waals surface area (Å²) in [5, 5.41) is 2.78. The molecule has 1 atom stereocenters. The molecule has 1 aliphatic heterocycles. The van der Waals surface area contributed by atoms with Crippen molar-refractivity contribution < 1.29 is 22.4 Å². The Hall–Kier alpha value is -3.31. The van der Waals surface area contributed by atoms with E-state index in [1.807, 2.05) is 11.5 Å². The van der Waals surface area contributed by atoms with E-state index >= 15 is 0 Å². The monoisotopic (exact) mass is 487 g/mol. The molecule has 1 N–H and O–H groups in total. The summed E-state index contributed by atoms with van der Waals surface area (Å²) in [5.74, 6) is -0.431. The van der Waals surface area contributed by atoms with Crippen molar-refractivity contribution in [2.45, 2.75) is 43.8 Å². The number of nitrogens with zero attached hydrogens (tertiary/aromatic N) is 4. The molecule has 0 spiro atoms. The summed E-state index contributed by atoms with van der Waals surface area (Å²) in [6, 6.07) is 9.60. The third-order valence-electron chi connectivity index (χ3n) is 6.24. The molecular weight excluding hydrogens is 461 g/mol. The standard InChI is InChI=1S/C23H26FN5O4S/c1-5-23(15-7-9-16(24)10-8-15)21(30)29(22(31)26-23)14-20-25-18-13-17(34(32,33)27(3)4)11-12-19(18)28(20)6-2/h7-13H,5-6,14H2,1-4H3,(H,26,31). The molecule has 11 heteroatoms. The van der Waals surface area contributed by atoms with E-state index in [1.54, 1.807) is 13.0 Å². The molecule has 9 nitrogen and oxygen atoms in total. The minimum absolute atomic E-state index is 0.0914. The summed E-state index contributed by atoms with van der Waals surface area (Å²) >= 11 is 0. The average molecular weight is 488 g/mol. The molecule has 1 saturated heterocycles. The van der Waals surface area contributed by atoms with Gasteiger partial charge in [0.15, 0.2) is 0 Å². The fourth-order valence-electron chi connectivity index (χ4n) is 4.29. The van der Waals surface area contributed by atoms with Crippen molar-refractivity contribution in [3.8, 4) is 0 Å². The van der Waals surface area contributed by atoms with Gasteiger partial charge in [0.05, 0.1) is 22.5 Å². The number of nitrogens with one attached hydrogen (secondary N) is 1. The topological polar surface area (TPSA) is 105 Å². The number of aryl methyl sites for hydroxylation is 1. The number of imide groups is 1. The number of urea groups is 1. The third-order valence-corrected chi connectivity index (χ3v) is 8.05. The quantitative estimate of drug-likeness (QED) is 0.516. The Bertz CT molecular complexity index is 1380. The number of benzene rings is 2. The molecule has 0 radical (unpaired) electrons. The number of aromatic nitrogens is 2. The van der Waals surface area contributed by atoms with Crippen LogP contribution < -0.4 is 5.32 Å². The highest BCUT2D eigenvalue weighted by Gasteiger charge is 2.51. The van der Waals surface area contributed by atoms with Crippen LogP contribution >= 0.6 is 0 Å². The predicted octanol–water partition coefficient (Wildman–Crippen LogP) is 2.80. The zero-order valence-electron chi connectivity index (χ0n) is 19.4. The highest BCUT2D eigenvalue weighted by Crippen LogP contribution is 2.33. The van der Waals surface area contributed by atoms with E-state index in [9.17, 15) is 22.4 Å². The molecule has 4 rings (SSSR count). The molecule has 1 unspecified atom stereocenters. The van der Waals surface area contributed by atoms with Crippen molar-refractivity contribution >= 4 is 33.0 Å². The van der Waals surface area contributed by atoms with E-state index < -0.39 is 33.3 Å². The van der Waals surface area contributed by atoms with E-state index in [-0.39, 0.29) is 17.9 Å². The Morgan fingerprint density at radius 3 is 2.35 bits per heavy atom. The van der Waals surface area contributed by atoms with Crippen molar-refractivity contribution in [1.29, 1.82) is 0 Å². The van der Waals surface area contributed by atoms with Gasteiger partial charge in [-0.15, -0.1) is 0 Å². The van der Waals surface area contributed by atoms with Crippen LogP contribution in [0.25, 0.3) is 11.0 Å². The number of halogens is 1. The molecule has 3 amide bonds. The van der Waals surface area contributed by atoms with Crippen LogP contribution in [0.5, 0.6) is 0 Å². The van der Waals surface area contributed by atoms with Crippen molar-refractivity contribution in [2.75, 3.05) is 14.1 Å². The molecule has 0 saturated carbocycles. The van der Waals surface area contributed by atoms with E-state index in [1.165, 1.54) is 50.5 Å². The van der Waals surface area contributed by atoms with Crippen LogP contribution in [0.1, 0.15) is 31.7 Å². The van der Waals surface area contributed by atoms with Crippen LogP contribution in [0, 0.1) is 5.82 Å². The van der Waals surface area contributed by atoms with Gasteiger partial charge >= 0.3 is 6.03 Å². The second kappa shape index (κ2) is 8.48. The smallest absolute Gasteiger partial charge is 0.325 e. The highest BCUT2D eigenvalue weighted by atomic mass is 32.2. The lowest BCUT2D eigenvalue weighted by molar-refractivity contribution is -0.132. The van der Waals surface area contributed by atoms with Gasteiger partial charge in [-0.05, 0) is 49.2 Å². The van der Waals surface area contributed by atoms with Gasteiger partial charge in [-0.2, -0.15) is 0 Å². The van der Waals surface area contributed by atoms with Crippen molar-refractivity contribution in [3.05, 3.63) is 59.7 Å². The summed E-state index contributed by atoms with van der Waals surface area (Å²) in [7, 11) is -0.737. The fourth-order valence-corrected chi connectivity index (χ4v) is 5.21. The molecule has 0 aliphatic carbocycles. The molecule has 2 aromatic carbocycles. The maximum atomic E-state index is 13.5. The Balaban J connectivity index is 1.72. The molecule has 1 fully saturated rings. The van der Waals surface area contributed by atoms with E-state index in [0.717, 1.165) is 9.21 Å². The van der Waals surface area contributed by atoms with Crippen molar-refractivity contribution in [1.82, 2.24) is 24.1 Å². The first-order chi connectivity index (χ1) is 16.0. The minimum atomic E-state index is -3.64. The number of carbonyl (C=O) groups excluding carboxylic acids is 2. The number of hydrogen-bond acceptors (Lipinski definition) is 5. The van der Waals surface area contributed by atoms with Crippen LogP contribution in [-0.2, 0) is 33.4 Å². The second-order valence-corrected chi connectivity index (χ2v) is 10.4. The minimum Gasteiger partial charge on any atom is -0.327 e. The number of imidazole rings is 1. The first kappa shape index (κ1) is 23.8. The summed E-state index contributed by atoms with van der Waals surface area (Å²) in [6.07, 6.45) is 0.287. The normalized spacial score (nSPS) is 18.8. The first-order valence-corrected chi connectivity index (χ1v) is 12.3. The molecule has 180 valence electrons. The number of hydrogen-bond donors (Lipinski definition) is 1.